The van der Waals surface area contributed by atoms with Gasteiger partial charge in [0, 0.05) is 19.1 Å². The molecule has 18 heavy (non-hydrogen) atoms. The number of piperidine rings is 1. The monoisotopic (exact) mass is 290 g/mol. The van der Waals surface area contributed by atoms with Crippen molar-refractivity contribution in [2.45, 2.75) is 18.9 Å². The SMILES string of the molecule is Cl.O=C(c1ccc(Cl)o1)N1CCC2NCCC2C1. The van der Waals surface area contributed by atoms with Crippen molar-refractivity contribution in [1.82, 2.24) is 10.2 Å². The maximum absolute atomic E-state index is 12.2. The quantitative estimate of drug-likeness (QED) is 0.862. The molecule has 1 aromatic rings. The van der Waals surface area contributed by atoms with Gasteiger partial charge >= 0.3 is 0 Å². The van der Waals surface area contributed by atoms with Gasteiger partial charge in [0.05, 0.1) is 0 Å². The molecule has 2 aliphatic heterocycles. The Morgan fingerprint density at radius 3 is 3.00 bits per heavy atom. The van der Waals surface area contributed by atoms with Gasteiger partial charge < -0.3 is 14.6 Å². The highest BCUT2D eigenvalue weighted by Crippen LogP contribution is 2.26. The Bertz CT molecular complexity index is 435. The van der Waals surface area contributed by atoms with Crippen molar-refractivity contribution < 1.29 is 9.21 Å². The number of hydrogen-bond donors (Lipinski definition) is 1. The van der Waals surface area contributed by atoms with E-state index in [0.717, 1.165) is 32.5 Å². The number of likely N-dealkylation sites (tertiary alicyclic amines) is 1. The van der Waals surface area contributed by atoms with E-state index < -0.39 is 0 Å². The van der Waals surface area contributed by atoms with Crippen molar-refractivity contribution in [3.05, 3.63) is 23.1 Å². The topological polar surface area (TPSA) is 45.5 Å². The van der Waals surface area contributed by atoms with E-state index in [0.29, 0.717) is 17.7 Å². The Hall–Kier alpha value is -0.710. The molecule has 3 heterocycles. The summed E-state index contributed by atoms with van der Waals surface area (Å²) in [7, 11) is 0. The first-order chi connectivity index (χ1) is 8.24. The number of carbonyl (C=O) groups is 1. The summed E-state index contributed by atoms with van der Waals surface area (Å²) in [5, 5.41) is 3.75. The van der Waals surface area contributed by atoms with Crippen molar-refractivity contribution in [1.29, 1.82) is 0 Å². The van der Waals surface area contributed by atoms with Crippen LogP contribution in [0.5, 0.6) is 0 Å². The highest BCUT2D eigenvalue weighted by Gasteiger charge is 2.35. The molecule has 3 rings (SSSR count). The van der Waals surface area contributed by atoms with Gasteiger partial charge in [-0.05, 0) is 49.0 Å². The second-order valence-corrected chi connectivity index (χ2v) is 5.13. The highest BCUT2D eigenvalue weighted by molar-refractivity contribution is 6.29. The summed E-state index contributed by atoms with van der Waals surface area (Å²) in [5.41, 5.74) is 0. The van der Waals surface area contributed by atoms with Gasteiger partial charge in [0.2, 0.25) is 0 Å². The van der Waals surface area contributed by atoms with Crippen LogP contribution in [0.4, 0.5) is 0 Å². The molecule has 0 spiro atoms. The lowest BCUT2D eigenvalue weighted by molar-refractivity contribution is 0.0630. The number of nitrogens with one attached hydrogen (secondary N) is 1. The van der Waals surface area contributed by atoms with Crippen molar-refractivity contribution in [2.75, 3.05) is 19.6 Å². The Balaban J connectivity index is 0.00000120. The maximum atomic E-state index is 12.2. The molecule has 100 valence electrons. The highest BCUT2D eigenvalue weighted by atomic mass is 35.5. The first-order valence-electron chi connectivity index (χ1n) is 6.02. The van der Waals surface area contributed by atoms with Crippen LogP contribution >= 0.6 is 24.0 Å². The molecule has 0 saturated carbocycles. The summed E-state index contributed by atoms with van der Waals surface area (Å²) in [6.45, 7) is 2.70. The van der Waals surface area contributed by atoms with E-state index >= 15 is 0 Å². The molecule has 2 saturated heterocycles. The van der Waals surface area contributed by atoms with E-state index in [-0.39, 0.29) is 23.5 Å². The molecule has 1 amide bonds. The number of fused-ring (bicyclic) bond motifs is 1. The second-order valence-electron chi connectivity index (χ2n) is 4.75. The van der Waals surface area contributed by atoms with Crippen LogP contribution in [0.2, 0.25) is 5.22 Å². The average Bonchev–Trinajstić information content (AvgIpc) is 2.95. The van der Waals surface area contributed by atoms with Crippen LogP contribution < -0.4 is 5.32 Å². The number of amides is 1. The predicted molar refractivity (Wildman–Crippen MR) is 71.4 cm³/mol. The van der Waals surface area contributed by atoms with E-state index in [1.54, 1.807) is 12.1 Å². The number of nitrogens with zero attached hydrogens (tertiary/aromatic N) is 1. The van der Waals surface area contributed by atoms with Crippen LogP contribution in [0.1, 0.15) is 23.4 Å². The zero-order chi connectivity index (χ0) is 11.8. The standard InChI is InChI=1S/C12H15ClN2O2.ClH/c13-11-2-1-10(17-11)12(16)15-6-4-9-8(7-15)3-5-14-9;/h1-2,8-9,14H,3-7H2;1H. The molecule has 0 aromatic carbocycles. The lowest BCUT2D eigenvalue weighted by Crippen LogP contribution is -2.46. The molecule has 4 nitrogen and oxygen atoms in total. The molecular formula is C12H16Cl2N2O2. The lowest BCUT2D eigenvalue weighted by atomic mass is 9.93. The summed E-state index contributed by atoms with van der Waals surface area (Å²) in [6, 6.07) is 3.85. The van der Waals surface area contributed by atoms with Crippen molar-refractivity contribution in [3.8, 4) is 0 Å². The lowest BCUT2D eigenvalue weighted by Gasteiger charge is -2.34. The molecular weight excluding hydrogens is 275 g/mol. The second kappa shape index (κ2) is 5.51. The van der Waals surface area contributed by atoms with Gasteiger partial charge in [0.15, 0.2) is 11.0 Å². The van der Waals surface area contributed by atoms with Gasteiger partial charge in [-0.3, -0.25) is 4.79 Å². The smallest absolute Gasteiger partial charge is 0.289 e. The number of furan rings is 1. The van der Waals surface area contributed by atoms with E-state index in [4.69, 9.17) is 16.0 Å². The average molecular weight is 291 g/mol. The van der Waals surface area contributed by atoms with Gasteiger partial charge in [0.25, 0.3) is 5.91 Å². The number of halogens is 2. The largest absolute Gasteiger partial charge is 0.440 e. The third-order valence-corrected chi connectivity index (χ3v) is 3.93. The maximum Gasteiger partial charge on any atom is 0.289 e. The van der Waals surface area contributed by atoms with E-state index in [1.165, 1.54) is 0 Å². The Morgan fingerprint density at radius 2 is 2.28 bits per heavy atom. The van der Waals surface area contributed by atoms with Crippen molar-refractivity contribution >= 4 is 29.9 Å². The van der Waals surface area contributed by atoms with Crippen LogP contribution in [0, 0.1) is 5.92 Å². The van der Waals surface area contributed by atoms with E-state index in [2.05, 4.69) is 5.32 Å². The first kappa shape index (κ1) is 13.7. The molecule has 0 bridgehead atoms. The van der Waals surface area contributed by atoms with Gasteiger partial charge in [0.1, 0.15) is 0 Å². The summed E-state index contributed by atoms with van der Waals surface area (Å²) in [6.07, 6.45) is 2.19. The van der Waals surface area contributed by atoms with Gasteiger partial charge in [-0.2, -0.15) is 0 Å². The van der Waals surface area contributed by atoms with Crippen molar-refractivity contribution in [2.24, 2.45) is 5.92 Å². The number of hydrogen-bond acceptors (Lipinski definition) is 3. The van der Waals surface area contributed by atoms with E-state index in [9.17, 15) is 4.79 Å². The normalized spacial score (nSPS) is 26.6. The molecule has 1 N–H and O–H groups in total. The minimum Gasteiger partial charge on any atom is -0.440 e. The Labute approximate surface area is 117 Å². The van der Waals surface area contributed by atoms with Gasteiger partial charge in [-0.25, -0.2) is 0 Å². The number of carbonyl (C=O) groups excluding carboxylic acids is 1. The minimum atomic E-state index is -0.0396. The molecule has 2 aliphatic rings. The summed E-state index contributed by atoms with van der Waals surface area (Å²) >= 11 is 5.69. The van der Waals surface area contributed by atoms with E-state index in [1.807, 2.05) is 4.90 Å². The fourth-order valence-corrected chi connectivity index (χ4v) is 2.96. The van der Waals surface area contributed by atoms with Crippen LogP contribution in [0.3, 0.4) is 0 Å². The third-order valence-electron chi connectivity index (χ3n) is 3.73. The van der Waals surface area contributed by atoms with Crippen molar-refractivity contribution in [3.63, 3.8) is 0 Å². The molecule has 2 atom stereocenters. The first-order valence-corrected chi connectivity index (χ1v) is 6.40. The molecule has 0 radical (unpaired) electrons. The van der Waals surface area contributed by atoms with Crippen LogP contribution in [-0.4, -0.2) is 36.5 Å². The number of rotatable bonds is 1. The zero-order valence-electron chi connectivity index (χ0n) is 9.89. The molecule has 2 unspecified atom stereocenters. The minimum absolute atomic E-state index is 0. The molecule has 2 fully saturated rings. The van der Waals surface area contributed by atoms with Gasteiger partial charge in [-0.15, -0.1) is 12.4 Å². The third kappa shape index (κ3) is 2.51. The van der Waals surface area contributed by atoms with Gasteiger partial charge in [-0.1, -0.05) is 0 Å². The van der Waals surface area contributed by atoms with Crippen LogP contribution in [0.25, 0.3) is 0 Å². The molecule has 6 heteroatoms. The van der Waals surface area contributed by atoms with Crippen LogP contribution in [0.15, 0.2) is 16.5 Å². The summed E-state index contributed by atoms with van der Waals surface area (Å²) in [5.74, 6) is 0.903. The summed E-state index contributed by atoms with van der Waals surface area (Å²) < 4.78 is 5.17. The predicted octanol–water partition coefficient (Wildman–Crippen LogP) is 2.18. The van der Waals surface area contributed by atoms with Crippen LogP contribution in [-0.2, 0) is 0 Å². The fourth-order valence-electron chi connectivity index (χ4n) is 2.82. The summed E-state index contributed by atoms with van der Waals surface area (Å²) in [4.78, 5) is 14.0. The fraction of sp³-hybridized carbons (Fsp3) is 0.583. The Morgan fingerprint density at radius 1 is 1.44 bits per heavy atom. The molecule has 0 aliphatic carbocycles. The molecule has 1 aromatic heterocycles. The zero-order valence-corrected chi connectivity index (χ0v) is 11.5. The Kier molecular flexibility index (Phi) is 4.20.